The Balaban J connectivity index is 2.34. The van der Waals surface area contributed by atoms with Crippen LogP contribution in [0.5, 0.6) is 0 Å². The van der Waals surface area contributed by atoms with Gasteiger partial charge in [0.05, 0.1) is 12.7 Å². The minimum atomic E-state index is 0.287. The molecule has 16 heavy (non-hydrogen) atoms. The summed E-state index contributed by atoms with van der Waals surface area (Å²) in [6, 6.07) is 3.90. The molecule has 0 radical (unpaired) electrons. The van der Waals surface area contributed by atoms with Gasteiger partial charge in [-0.25, -0.2) is 4.98 Å². The Kier molecular flexibility index (Phi) is 5.74. The molecule has 1 aromatic rings. The lowest BCUT2D eigenvalue weighted by atomic mass is 10.3. The Morgan fingerprint density at radius 2 is 2.25 bits per heavy atom. The summed E-state index contributed by atoms with van der Waals surface area (Å²) < 4.78 is 5.49. The molecule has 1 rings (SSSR count). The molecule has 0 saturated heterocycles. The zero-order valence-corrected chi connectivity index (χ0v) is 10.9. The number of aromatic nitrogens is 1. The van der Waals surface area contributed by atoms with Gasteiger partial charge in [-0.05, 0) is 27.0 Å². The van der Waals surface area contributed by atoms with E-state index in [2.05, 4.69) is 9.88 Å². The van der Waals surface area contributed by atoms with E-state index in [0.29, 0.717) is 5.15 Å². The first-order chi connectivity index (χ1) is 7.59. The van der Waals surface area contributed by atoms with Gasteiger partial charge in [-0.2, -0.15) is 0 Å². The number of rotatable bonds is 6. The van der Waals surface area contributed by atoms with Gasteiger partial charge in [-0.3, -0.25) is 4.90 Å². The van der Waals surface area contributed by atoms with Crippen molar-refractivity contribution in [3.8, 4) is 0 Å². The second-order valence-corrected chi connectivity index (χ2v) is 4.47. The van der Waals surface area contributed by atoms with Crippen molar-refractivity contribution in [1.29, 1.82) is 0 Å². The molecule has 0 N–H and O–H groups in total. The van der Waals surface area contributed by atoms with Gasteiger partial charge in [0.15, 0.2) is 0 Å². The number of ether oxygens (including phenoxy) is 1. The maximum atomic E-state index is 5.98. The van der Waals surface area contributed by atoms with Gasteiger partial charge in [-0.15, -0.1) is 0 Å². The SMILES string of the molecule is CC(C)OCCN(C)Cc1cccnc1Cl. The van der Waals surface area contributed by atoms with Gasteiger partial charge < -0.3 is 4.74 Å². The molecule has 0 spiro atoms. The van der Waals surface area contributed by atoms with E-state index in [0.717, 1.165) is 25.3 Å². The fraction of sp³-hybridized carbons (Fsp3) is 0.583. The number of nitrogens with zero attached hydrogens (tertiary/aromatic N) is 2. The molecule has 0 unspecified atom stereocenters. The molecule has 0 aliphatic heterocycles. The molecule has 1 heterocycles. The van der Waals surface area contributed by atoms with Gasteiger partial charge >= 0.3 is 0 Å². The average molecular weight is 243 g/mol. The minimum Gasteiger partial charge on any atom is -0.377 e. The standard InChI is InChI=1S/C12H19ClN2O/c1-10(2)16-8-7-15(3)9-11-5-4-6-14-12(11)13/h4-6,10H,7-9H2,1-3H3. The second-order valence-electron chi connectivity index (χ2n) is 4.11. The molecule has 0 fully saturated rings. The average Bonchev–Trinajstić information content (AvgIpc) is 2.21. The summed E-state index contributed by atoms with van der Waals surface area (Å²) in [5.74, 6) is 0. The van der Waals surface area contributed by atoms with Crippen LogP contribution in [0, 0.1) is 0 Å². The Bertz CT molecular complexity index is 318. The van der Waals surface area contributed by atoms with E-state index < -0.39 is 0 Å². The van der Waals surface area contributed by atoms with Crippen molar-refractivity contribution in [1.82, 2.24) is 9.88 Å². The Labute approximate surface area is 102 Å². The number of halogens is 1. The van der Waals surface area contributed by atoms with E-state index in [4.69, 9.17) is 16.3 Å². The van der Waals surface area contributed by atoms with Gasteiger partial charge in [0, 0.05) is 24.8 Å². The van der Waals surface area contributed by atoms with Crippen LogP contribution in [-0.4, -0.2) is 36.2 Å². The molecule has 0 saturated carbocycles. The first-order valence-electron chi connectivity index (χ1n) is 5.49. The minimum absolute atomic E-state index is 0.287. The third kappa shape index (κ3) is 4.92. The maximum Gasteiger partial charge on any atom is 0.133 e. The third-order valence-electron chi connectivity index (χ3n) is 2.20. The predicted molar refractivity (Wildman–Crippen MR) is 66.7 cm³/mol. The number of pyridine rings is 1. The summed E-state index contributed by atoms with van der Waals surface area (Å²) in [6.07, 6.45) is 1.99. The maximum absolute atomic E-state index is 5.98. The summed E-state index contributed by atoms with van der Waals surface area (Å²) in [6.45, 7) is 6.51. The molecular weight excluding hydrogens is 224 g/mol. The summed E-state index contributed by atoms with van der Waals surface area (Å²) >= 11 is 5.98. The highest BCUT2D eigenvalue weighted by Gasteiger charge is 2.04. The molecular formula is C12H19ClN2O. The van der Waals surface area contributed by atoms with E-state index >= 15 is 0 Å². The fourth-order valence-electron chi connectivity index (χ4n) is 1.35. The Morgan fingerprint density at radius 3 is 2.88 bits per heavy atom. The van der Waals surface area contributed by atoms with Gasteiger partial charge in [-0.1, -0.05) is 17.7 Å². The number of hydrogen-bond acceptors (Lipinski definition) is 3. The lowest BCUT2D eigenvalue weighted by Crippen LogP contribution is -2.24. The smallest absolute Gasteiger partial charge is 0.133 e. The Hall–Kier alpha value is -0.640. The Morgan fingerprint density at radius 1 is 1.50 bits per heavy atom. The molecule has 90 valence electrons. The van der Waals surface area contributed by atoms with Crippen LogP contribution in [0.3, 0.4) is 0 Å². The summed E-state index contributed by atoms with van der Waals surface area (Å²) in [4.78, 5) is 6.22. The van der Waals surface area contributed by atoms with Crippen molar-refractivity contribution in [3.05, 3.63) is 29.0 Å². The monoisotopic (exact) mass is 242 g/mol. The van der Waals surface area contributed by atoms with Crippen molar-refractivity contribution in [2.45, 2.75) is 26.5 Å². The van der Waals surface area contributed by atoms with Crippen molar-refractivity contribution in [2.75, 3.05) is 20.2 Å². The molecule has 0 aliphatic carbocycles. The molecule has 4 heteroatoms. The van der Waals surface area contributed by atoms with E-state index in [1.54, 1.807) is 6.20 Å². The van der Waals surface area contributed by atoms with Gasteiger partial charge in [0.2, 0.25) is 0 Å². The molecule has 0 bridgehead atoms. The van der Waals surface area contributed by atoms with Crippen LogP contribution in [0.1, 0.15) is 19.4 Å². The molecule has 0 aromatic carbocycles. The largest absolute Gasteiger partial charge is 0.377 e. The summed E-state index contributed by atoms with van der Waals surface area (Å²) in [5, 5.41) is 0.583. The van der Waals surface area contributed by atoms with E-state index in [-0.39, 0.29) is 6.10 Å². The predicted octanol–water partition coefficient (Wildman–Crippen LogP) is 2.59. The number of likely N-dealkylation sites (N-methyl/N-ethyl adjacent to an activating group) is 1. The van der Waals surface area contributed by atoms with Crippen molar-refractivity contribution in [3.63, 3.8) is 0 Å². The third-order valence-corrected chi connectivity index (χ3v) is 2.54. The van der Waals surface area contributed by atoms with E-state index in [9.17, 15) is 0 Å². The topological polar surface area (TPSA) is 25.4 Å². The molecule has 3 nitrogen and oxygen atoms in total. The van der Waals surface area contributed by atoms with Gasteiger partial charge in [0.25, 0.3) is 0 Å². The zero-order chi connectivity index (χ0) is 12.0. The van der Waals surface area contributed by atoms with E-state index in [1.165, 1.54) is 0 Å². The van der Waals surface area contributed by atoms with Crippen LogP contribution in [0.2, 0.25) is 5.15 Å². The van der Waals surface area contributed by atoms with Gasteiger partial charge in [0.1, 0.15) is 5.15 Å². The summed E-state index contributed by atoms with van der Waals surface area (Å²) in [5.41, 5.74) is 1.05. The van der Waals surface area contributed by atoms with Crippen LogP contribution < -0.4 is 0 Å². The highest BCUT2D eigenvalue weighted by molar-refractivity contribution is 6.30. The zero-order valence-electron chi connectivity index (χ0n) is 10.1. The molecule has 0 aliphatic rings. The lowest BCUT2D eigenvalue weighted by Gasteiger charge is -2.17. The van der Waals surface area contributed by atoms with Crippen LogP contribution >= 0.6 is 11.6 Å². The van der Waals surface area contributed by atoms with Crippen molar-refractivity contribution in [2.24, 2.45) is 0 Å². The van der Waals surface area contributed by atoms with Crippen LogP contribution in [0.25, 0.3) is 0 Å². The highest BCUT2D eigenvalue weighted by atomic mass is 35.5. The van der Waals surface area contributed by atoms with E-state index in [1.807, 2.05) is 33.0 Å². The lowest BCUT2D eigenvalue weighted by molar-refractivity contribution is 0.0627. The summed E-state index contributed by atoms with van der Waals surface area (Å²) in [7, 11) is 2.05. The first kappa shape index (κ1) is 13.4. The van der Waals surface area contributed by atoms with Crippen LogP contribution in [-0.2, 0) is 11.3 Å². The van der Waals surface area contributed by atoms with Crippen LogP contribution in [0.15, 0.2) is 18.3 Å². The second kappa shape index (κ2) is 6.84. The molecule has 0 atom stereocenters. The number of hydrogen-bond donors (Lipinski definition) is 0. The quantitative estimate of drug-likeness (QED) is 0.717. The van der Waals surface area contributed by atoms with Crippen molar-refractivity contribution < 1.29 is 4.74 Å². The highest BCUT2D eigenvalue weighted by Crippen LogP contribution is 2.13. The van der Waals surface area contributed by atoms with Crippen molar-refractivity contribution >= 4 is 11.6 Å². The fourth-order valence-corrected chi connectivity index (χ4v) is 1.53. The molecule has 0 amide bonds. The molecule has 1 aromatic heterocycles. The van der Waals surface area contributed by atoms with Crippen LogP contribution in [0.4, 0.5) is 0 Å². The first-order valence-corrected chi connectivity index (χ1v) is 5.87. The normalized spacial score (nSPS) is 11.4.